The summed E-state index contributed by atoms with van der Waals surface area (Å²) in [5.74, 6) is 0.771. The smallest absolute Gasteiger partial charge is 0.246 e. The topological polar surface area (TPSA) is 77.1 Å². The van der Waals surface area contributed by atoms with Crippen molar-refractivity contribution < 1.29 is 9.32 Å². The normalized spacial score (nSPS) is 18.0. The summed E-state index contributed by atoms with van der Waals surface area (Å²) in [6, 6.07) is 9.49. The number of fused-ring (bicyclic) bond motifs is 1. The predicted molar refractivity (Wildman–Crippen MR) is 82.5 cm³/mol. The molecule has 23 heavy (non-hydrogen) atoms. The van der Waals surface area contributed by atoms with E-state index in [0.29, 0.717) is 0 Å². The third-order valence-corrected chi connectivity index (χ3v) is 4.17. The molecule has 0 radical (unpaired) electrons. The molecular weight excluding hydrogens is 294 g/mol. The zero-order chi connectivity index (χ0) is 15.8. The van der Waals surface area contributed by atoms with Crippen molar-refractivity contribution in [3.8, 4) is 0 Å². The lowest BCUT2D eigenvalue weighted by Gasteiger charge is -2.22. The van der Waals surface area contributed by atoms with Gasteiger partial charge in [-0.2, -0.15) is 15.0 Å². The van der Waals surface area contributed by atoms with Crippen LogP contribution in [0.15, 0.2) is 34.9 Å². The van der Waals surface area contributed by atoms with Gasteiger partial charge in [-0.3, -0.25) is 4.79 Å². The lowest BCUT2D eigenvalue weighted by molar-refractivity contribution is -0.133. The highest BCUT2D eigenvalue weighted by Gasteiger charge is 2.32. The number of amides is 1. The Morgan fingerprint density at radius 3 is 2.70 bits per heavy atom. The maximum Gasteiger partial charge on any atom is 0.246 e. The molecule has 1 amide bonds. The van der Waals surface area contributed by atoms with Gasteiger partial charge in [0, 0.05) is 12.6 Å². The van der Waals surface area contributed by atoms with Crippen LogP contribution in [0, 0.1) is 6.92 Å². The Morgan fingerprint density at radius 2 is 2.04 bits per heavy atom. The van der Waals surface area contributed by atoms with Gasteiger partial charge in [0.15, 0.2) is 0 Å². The van der Waals surface area contributed by atoms with E-state index in [-0.39, 0.29) is 18.5 Å². The minimum absolute atomic E-state index is 0.00783. The number of carbonyl (C=O) groups is 1. The molecule has 0 spiro atoms. The molecule has 4 rings (SSSR count). The highest BCUT2D eigenvalue weighted by Crippen LogP contribution is 2.31. The van der Waals surface area contributed by atoms with E-state index in [1.165, 1.54) is 4.80 Å². The average Bonchev–Trinajstić information content (AvgIpc) is 3.24. The van der Waals surface area contributed by atoms with E-state index in [2.05, 4.69) is 15.4 Å². The van der Waals surface area contributed by atoms with Crippen molar-refractivity contribution in [1.29, 1.82) is 0 Å². The molecule has 1 fully saturated rings. The molecule has 0 aliphatic carbocycles. The van der Waals surface area contributed by atoms with Crippen LogP contribution in [0.5, 0.6) is 0 Å². The lowest BCUT2D eigenvalue weighted by atomic mass is 10.1. The molecule has 0 unspecified atom stereocenters. The van der Waals surface area contributed by atoms with Crippen LogP contribution in [0.2, 0.25) is 0 Å². The molecule has 1 aliphatic heterocycles. The predicted octanol–water partition coefficient (Wildman–Crippen LogP) is 2.09. The van der Waals surface area contributed by atoms with Gasteiger partial charge < -0.3 is 9.42 Å². The van der Waals surface area contributed by atoms with Crippen LogP contribution in [0.4, 0.5) is 0 Å². The third kappa shape index (κ3) is 2.58. The molecule has 0 saturated carbocycles. The van der Waals surface area contributed by atoms with E-state index < -0.39 is 0 Å². The Hall–Kier alpha value is -2.70. The minimum atomic E-state index is -0.00933. The van der Waals surface area contributed by atoms with Gasteiger partial charge in [-0.15, -0.1) is 0 Å². The van der Waals surface area contributed by atoms with Crippen molar-refractivity contribution in [2.24, 2.45) is 0 Å². The molecule has 2 aromatic heterocycles. The Morgan fingerprint density at radius 1 is 1.30 bits per heavy atom. The van der Waals surface area contributed by atoms with E-state index in [1.807, 2.05) is 42.2 Å². The van der Waals surface area contributed by atoms with Gasteiger partial charge in [0.25, 0.3) is 0 Å². The number of aromatic nitrogens is 4. The number of benzene rings is 1. The molecule has 1 saturated heterocycles. The van der Waals surface area contributed by atoms with Gasteiger partial charge in [0.1, 0.15) is 29.0 Å². The van der Waals surface area contributed by atoms with E-state index in [4.69, 9.17) is 4.52 Å². The second-order valence-electron chi connectivity index (χ2n) is 5.83. The number of likely N-dealkylation sites (tertiary alicyclic amines) is 1. The molecule has 1 aliphatic rings. The summed E-state index contributed by atoms with van der Waals surface area (Å²) in [6.07, 6.45) is 1.88. The molecule has 7 heteroatoms. The number of hydrogen-bond acceptors (Lipinski definition) is 5. The quantitative estimate of drug-likeness (QED) is 0.740. The molecule has 0 N–H and O–H groups in total. The molecule has 118 valence electrons. The zero-order valence-electron chi connectivity index (χ0n) is 12.8. The van der Waals surface area contributed by atoms with Crippen LogP contribution >= 0.6 is 0 Å². The minimum Gasteiger partial charge on any atom is -0.361 e. The largest absolute Gasteiger partial charge is 0.361 e. The standard InChI is InChI=1S/C16H17N5O2/c1-11-9-14(19-23-11)15-7-4-8-20(15)16(22)10-21-17-12-5-2-3-6-13(12)18-21/h2-3,5-6,9,15H,4,7-8,10H2,1H3/t15-/m0/s1. The molecular formula is C16H17N5O2. The molecule has 3 heterocycles. The van der Waals surface area contributed by atoms with Crippen LogP contribution < -0.4 is 0 Å². The highest BCUT2D eigenvalue weighted by atomic mass is 16.5. The first kappa shape index (κ1) is 13.9. The lowest BCUT2D eigenvalue weighted by Crippen LogP contribution is -2.34. The van der Waals surface area contributed by atoms with Gasteiger partial charge in [0.2, 0.25) is 5.91 Å². The Bertz CT molecular complexity index is 820. The number of nitrogens with zero attached hydrogens (tertiary/aromatic N) is 5. The van der Waals surface area contributed by atoms with Gasteiger partial charge in [-0.25, -0.2) is 0 Å². The maximum absolute atomic E-state index is 12.6. The van der Waals surface area contributed by atoms with Crippen LogP contribution in [-0.2, 0) is 11.3 Å². The van der Waals surface area contributed by atoms with Gasteiger partial charge in [0.05, 0.1) is 6.04 Å². The van der Waals surface area contributed by atoms with Crippen molar-refractivity contribution in [3.05, 3.63) is 41.8 Å². The first-order valence-electron chi connectivity index (χ1n) is 7.73. The second kappa shape index (κ2) is 5.49. The number of hydrogen-bond donors (Lipinski definition) is 0. The average molecular weight is 311 g/mol. The maximum atomic E-state index is 12.6. The van der Waals surface area contributed by atoms with E-state index in [1.54, 1.807) is 0 Å². The highest BCUT2D eigenvalue weighted by molar-refractivity contribution is 5.77. The van der Waals surface area contributed by atoms with Gasteiger partial charge >= 0.3 is 0 Å². The third-order valence-electron chi connectivity index (χ3n) is 4.17. The first-order valence-corrected chi connectivity index (χ1v) is 7.73. The fourth-order valence-corrected chi connectivity index (χ4v) is 3.10. The fourth-order valence-electron chi connectivity index (χ4n) is 3.10. The number of rotatable bonds is 3. The van der Waals surface area contributed by atoms with E-state index >= 15 is 0 Å². The Labute approximate surface area is 132 Å². The summed E-state index contributed by atoms with van der Waals surface area (Å²) in [6.45, 7) is 2.73. The number of carbonyl (C=O) groups excluding carboxylic acids is 1. The first-order chi connectivity index (χ1) is 11.2. The summed E-state index contributed by atoms with van der Waals surface area (Å²) in [5.41, 5.74) is 2.42. The van der Waals surface area contributed by atoms with Crippen LogP contribution in [0.3, 0.4) is 0 Å². The van der Waals surface area contributed by atoms with Gasteiger partial charge in [-0.05, 0) is 31.9 Å². The summed E-state index contributed by atoms with van der Waals surface area (Å²) < 4.78 is 5.15. The Kier molecular flexibility index (Phi) is 3.33. The van der Waals surface area contributed by atoms with Crippen molar-refractivity contribution in [2.75, 3.05) is 6.54 Å². The fraction of sp³-hybridized carbons (Fsp3) is 0.375. The van der Waals surface area contributed by atoms with Crippen LogP contribution in [0.25, 0.3) is 11.0 Å². The van der Waals surface area contributed by atoms with Crippen molar-refractivity contribution in [1.82, 2.24) is 25.1 Å². The molecule has 3 aromatic rings. The van der Waals surface area contributed by atoms with Crippen molar-refractivity contribution in [2.45, 2.75) is 32.4 Å². The summed E-state index contributed by atoms with van der Waals surface area (Å²) >= 11 is 0. The molecule has 0 bridgehead atoms. The SMILES string of the molecule is Cc1cc([C@@H]2CCCN2C(=O)Cn2nc3ccccc3n2)no1. The zero-order valence-corrected chi connectivity index (χ0v) is 12.8. The van der Waals surface area contributed by atoms with E-state index in [9.17, 15) is 4.79 Å². The number of aryl methyl sites for hydroxylation is 1. The van der Waals surface area contributed by atoms with Gasteiger partial charge in [-0.1, -0.05) is 17.3 Å². The Balaban J connectivity index is 1.53. The van der Waals surface area contributed by atoms with Crippen molar-refractivity contribution in [3.63, 3.8) is 0 Å². The molecule has 7 nitrogen and oxygen atoms in total. The monoisotopic (exact) mass is 311 g/mol. The molecule has 1 aromatic carbocycles. The summed E-state index contributed by atoms with van der Waals surface area (Å²) in [4.78, 5) is 16.0. The summed E-state index contributed by atoms with van der Waals surface area (Å²) in [7, 11) is 0. The van der Waals surface area contributed by atoms with Crippen molar-refractivity contribution >= 4 is 16.9 Å². The summed E-state index contributed by atoms with van der Waals surface area (Å²) in [5, 5.41) is 12.8. The van der Waals surface area contributed by atoms with E-state index in [0.717, 1.165) is 41.9 Å². The molecule has 1 atom stereocenters. The second-order valence-corrected chi connectivity index (χ2v) is 5.83. The van der Waals surface area contributed by atoms with Crippen LogP contribution in [-0.4, -0.2) is 37.5 Å². The van der Waals surface area contributed by atoms with Crippen LogP contribution in [0.1, 0.15) is 30.3 Å².